The molecule has 3 aliphatic heterocycles. The van der Waals surface area contributed by atoms with Crippen LogP contribution in [0.2, 0.25) is 0 Å². The average molecular weight is 430 g/mol. The molecular formula is C24H39N5O2. The first-order valence-corrected chi connectivity index (χ1v) is 12.3. The first-order chi connectivity index (χ1) is 15.3. The summed E-state index contributed by atoms with van der Waals surface area (Å²) < 4.78 is 12.0. The van der Waals surface area contributed by atoms with Crippen molar-refractivity contribution >= 4 is 11.8 Å². The van der Waals surface area contributed by atoms with Crippen molar-refractivity contribution in [1.29, 1.82) is 0 Å². The zero-order valence-corrected chi connectivity index (χ0v) is 19.1. The van der Waals surface area contributed by atoms with Crippen LogP contribution in [0.5, 0.6) is 0 Å². The maximum atomic E-state index is 6.17. The van der Waals surface area contributed by atoms with Gasteiger partial charge >= 0.3 is 0 Å². The fourth-order valence-electron chi connectivity index (χ4n) is 4.65. The molecule has 0 amide bonds. The quantitative estimate of drug-likeness (QED) is 0.531. The molecule has 0 aliphatic carbocycles. The molecule has 1 unspecified atom stereocenters. The third kappa shape index (κ3) is 6.56. The molecule has 1 aromatic heterocycles. The van der Waals surface area contributed by atoms with Gasteiger partial charge in [0.2, 0.25) is 0 Å². The first kappa shape index (κ1) is 22.3. The molecule has 3 saturated heterocycles. The highest BCUT2D eigenvalue weighted by atomic mass is 16.5. The number of aromatic nitrogens is 1. The lowest BCUT2D eigenvalue weighted by Crippen LogP contribution is -2.47. The standard InChI is InChI=1S/C24H39N5O2/c1-2-25-24(27-18-20-8-9-23(26-17-20)28-12-4-5-13-28)29-14-10-21(11-15-29)31-19-22-7-3-6-16-30-22/h8-9,17,21-22H,2-7,10-16,18-19H2,1H3,(H,25,27). The zero-order chi connectivity index (χ0) is 21.3. The van der Waals surface area contributed by atoms with Crippen molar-refractivity contribution in [3.8, 4) is 0 Å². The van der Waals surface area contributed by atoms with E-state index in [0.29, 0.717) is 18.8 Å². The van der Waals surface area contributed by atoms with Gasteiger partial charge in [-0.15, -0.1) is 0 Å². The molecule has 1 N–H and O–H groups in total. The summed E-state index contributed by atoms with van der Waals surface area (Å²) in [6.45, 7) is 9.52. The van der Waals surface area contributed by atoms with E-state index in [-0.39, 0.29) is 0 Å². The molecule has 0 bridgehead atoms. The van der Waals surface area contributed by atoms with E-state index < -0.39 is 0 Å². The van der Waals surface area contributed by atoms with Crippen molar-refractivity contribution < 1.29 is 9.47 Å². The first-order valence-electron chi connectivity index (χ1n) is 12.3. The van der Waals surface area contributed by atoms with Crippen molar-refractivity contribution in [2.45, 2.75) is 70.6 Å². The average Bonchev–Trinajstić information content (AvgIpc) is 3.37. The van der Waals surface area contributed by atoms with Crippen molar-refractivity contribution in [3.63, 3.8) is 0 Å². The van der Waals surface area contributed by atoms with Crippen LogP contribution in [-0.2, 0) is 16.0 Å². The number of pyridine rings is 1. The van der Waals surface area contributed by atoms with E-state index in [1.807, 2.05) is 6.20 Å². The second-order valence-corrected chi connectivity index (χ2v) is 8.90. The summed E-state index contributed by atoms with van der Waals surface area (Å²) in [6.07, 6.45) is 10.9. The molecule has 4 rings (SSSR count). The summed E-state index contributed by atoms with van der Waals surface area (Å²) in [7, 11) is 0. The molecule has 0 spiro atoms. The number of rotatable bonds is 7. The predicted octanol–water partition coefficient (Wildman–Crippen LogP) is 3.20. The summed E-state index contributed by atoms with van der Waals surface area (Å²) in [5.74, 6) is 2.10. The summed E-state index contributed by atoms with van der Waals surface area (Å²) >= 11 is 0. The van der Waals surface area contributed by atoms with Crippen LogP contribution >= 0.6 is 0 Å². The molecule has 172 valence electrons. The fourth-order valence-corrected chi connectivity index (χ4v) is 4.65. The van der Waals surface area contributed by atoms with Gasteiger partial charge in [-0.05, 0) is 63.5 Å². The molecule has 0 saturated carbocycles. The van der Waals surface area contributed by atoms with Gasteiger partial charge in [-0.2, -0.15) is 0 Å². The van der Waals surface area contributed by atoms with E-state index in [2.05, 4.69) is 39.2 Å². The van der Waals surface area contributed by atoms with Gasteiger partial charge in [0.05, 0.1) is 25.4 Å². The Morgan fingerprint density at radius 3 is 2.65 bits per heavy atom. The third-order valence-corrected chi connectivity index (χ3v) is 6.52. The number of aliphatic imine (C=N–C) groups is 1. The maximum absolute atomic E-state index is 6.17. The minimum absolute atomic E-state index is 0.302. The van der Waals surface area contributed by atoms with Crippen molar-refractivity contribution in [2.24, 2.45) is 4.99 Å². The van der Waals surface area contributed by atoms with Gasteiger partial charge in [0, 0.05) is 45.5 Å². The Morgan fingerprint density at radius 1 is 1.13 bits per heavy atom. The van der Waals surface area contributed by atoms with Gasteiger partial charge in [0.15, 0.2) is 5.96 Å². The second-order valence-electron chi connectivity index (χ2n) is 8.90. The second kappa shape index (κ2) is 11.7. The van der Waals surface area contributed by atoms with E-state index in [4.69, 9.17) is 14.5 Å². The van der Waals surface area contributed by atoms with Gasteiger partial charge in [-0.1, -0.05) is 6.07 Å². The molecule has 7 heteroatoms. The maximum Gasteiger partial charge on any atom is 0.194 e. The summed E-state index contributed by atoms with van der Waals surface area (Å²) in [5.41, 5.74) is 1.16. The molecule has 0 radical (unpaired) electrons. The lowest BCUT2D eigenvalue weighted by Gasteiger charge is -2.35. The number of nitrogens with zero attached hydrogens (tertiary/aromatic N) is 4. The Labute approximate surface area is 187 Å². The van der Waals surface area contributed by atoms with Crippen LogP contribution in [0.1, 0.15) is 57.4 Å². The fraction of sp³-hybridized carbons (Fsp3) is 0.750. The van der Waals surface area contributed by atoms with Gasteiger partial charge in [0.1, 0.15) is 5.82 Å². The number of anilines is 1. The van der Waals surface area contributed by atoms with Crippen LogP contribution in [-0.4, -0.2) is 74.0 Å². The number of likely N-dealkylation sites (tertiary alicyclic amines) is 1. The summed E-state index contributed by atoms with van der Waals surface area (Å²) in [4.78, 5) is 14.3. The van der Waals surface area contributed by atoms with E-state index in [9.17, 15) is 0 Å². The third-order valence-electron chi connectivity index (χ3n) is 6.52. The molecule has 7 nitrogen and oxygen atoms in total. The van der Waals surface area contributed by atoms with Crippen LogP contribution in [0.3, 0.4) is 0 Å². The van der Waals surface area contributed by atoms with Crippen molar-refractivity contribution in [3.05, 3.63) is 23.9 Å². The van der Waals surface area contributed by atoms with Crippen LogP contribution in [0.25, 0.3) is 0 Å². The predicted molar refractivity (Wildman–Crippen MR) is 125 cm³/mol. The SMILES string of the molecule is CCNC(=NCc1ccc(N2CCCC2)nc1)N1CCC(OCC2CCCCO2)CC1. The lowest BCUT2D eigenvalue weighted by atomic mass is 10.1. The smallest absolute Gasteiger partial charge is 0.194 e. The number of hydrogen-bond acceptors (Lipinski definition) is 5. The lowest BCUT2D eigenvalue weighted by molar-refractivity contribution is -0.0721. The van der Waals surface area contributed by atoms with Gasteiger partial charge in [-0.3, -0.25) is 0 Å². The molecular weight excluding hydrogens is 390 g/mol. The minimum Gasteiger partial charge on any atom is -0.376 e. The minimum atomic E-state index is 0.302. The Balaban J connectivity index is 1.24. The van der Waals surface area contributed by atoms with Gasteiger partial charge in [0.25, 0.3) is 0 Å². The molecule has 3 aliphatic rings. The van der Waals surface area contributed by atoms with Crippen LogP contribution in [0, 0.1) is 0 Å². The highest BCUT2D eigenvalue weighted by Crippen LogP contribution is 2.19. The Kier molecular flexibility index (Phi) is 8.41. The number of hydrogen-bond donors (Lipinski definition) is 1. The van der Waals surface area contributed by atoms with Crippen molar-refractivity contribution in [1.82, 2.24) is 15.2 Å². The molecule has 0 aromatic carbocycles. The van der Waals surface area contributed by atoms with E-state index in [0.717, 1.165) is 82.5 Å². The Bertz CT molecular complexity index is 676. The molecule has 31 heavy (non-hydrogen) atoms. The van der Waals surface area contributed by atoms with Crippen molar-refractivity contribution in [2.75, 3.05) is 50.8 Å². The molecule has 1 atom stereocenters. The Hall–Kier alpha value is -1.86. The van der Waals surface area contributed by atoms with Gasteiger partial charge < -0.3 is 24.6 Å². The van der Waals surface area contributed by atoms with E-state index >= 15 is 0 Å². The monoisotopic (exact) mass is 429 g/mol. The topological polar surface area (TPSA) is 62.2 Å². The Morgan fingerprint density at radius 2 is 1.97 bits per heavy atom. The number of nitrogens with one attached hydrogen (secondary N) is 1. The normalized spacial score (nSPS) is 23.4. The summed E-state index contributed by atoms with van der Waals surface area (Å²) in [5, 5.41) is 3.46. The summed E-state index contributed by atoms with van der Waals surface area (Å²) in [6, 6.07) is 4.31. The highest BCUT2D eigenvalue weighted by Gasteiger charge is 2.23. The number of ether oxygens (including phenoxy) is 2. The highest BCUT2D eigenvalue weighted by molar-refractivity contribution is 5.80. The largest absolute Gasteiger partial charge is 0.376 e. The molecule has 3 fully saturated rings. The van der Waals surface area contributed by atoms with Crippen LogP contribution in [0.4, 0.5) is 5.82 Å². The van der Waals surface area contributed by atoms with E-state index in [1.54, 1.807) is 0 Å². The number of piperidine rings is 1. The van der Waals surface area contributed by atoms with Crippen LogP contribution in [0.15, 0.2) is 23.3 Å². The van der Waals surface area contributed by atoms with Crippen LogP contribution < -0.4 is 10.2 Å². The molecule has 4 heterocycles. The van der Waals surface area contributed by atoms with E-state index in [1.165, 1.54) is 25.7 Å². The molecule has 1 aromatic rings. The number of guanidine groups is 1. The van der Waals surface area contributed by atoms with Gasteiger partial charge in [-0.25, -0.2) is 9.98 Å². The zero-order valence-electron chi connectivity index (χ0n) is 19.1.